The molecule has 4 rings (SSSR count). The molecule has 2 amide bonds. The van der Waals surface area contributed by atoms with Gasteiger partial charge in [-0.3, -0.25) is 0 Å². The molecule has 1 atom stereocenters. The van der Waals surface area contributed by atoms with Crippen molar-refractivity contribution in [1.82, 2.24) is 10.6 Å². The quantitative estimate of drug-likeness (QED) is 0.876. The van der Waals surface area contributed by atoms with Crippen LogP contribution in [-0.2, 0) is 0 Å². The molecule has 4 nitrogen and oxygen atoms in total. The van der Waals surface area contributed by atoms with Crippen LogP contribution >= 0.6 is 0 Å². The van der Waals surface area contributed by atoms with Gasteiger partial charge in [0.15, 0.2) is 0 Å². The lowest BCUT2D eigenvalue weighted by atomic mass is 9.50. The molecule has 0 saturated heterocycles. The second-order valence-corrected chi connectivity index (χ2v) is 6.03. The smallest absolute Gasteiger partial charge is 0.387 e. The van der Waals surface area contributed by atoms with Crippen molar-refractivity contribution in [3.8, 4) is 5.75 Å². The number of hydrogen-bond acceptors (Lipinski definition) is 2. The van der Waals surface area contributed by atoms with Gasteiger partial charge in [-0.2, -0.15) is 8.78 Å². The fraction of sp³-hybridized carbons (Fsp3) is 0.533. The molecular weight excluding hydrogens is 278 g/mol. The number of ether oxygens (including phenoxy) is 1. The van der Waals surface area contributed by atoms with E-state index in [2.05, 4.69) is 15.4 Å². The third-order valence-corrected chi connectivity index (χ3v) is 4.35. The summed E-state index contributed by atoms with van der Waals surface area (Å²) in [6.45, 7) is -1.04. The van der Waals surface area contributed by atoms with Gasteiger partial charge < -0.3 is 15.4 Å². The van der Waals surface area contributed by atoms with Crippen LogP contribution in [0.25, 0.3) is 0 Å². The van der Waals surface area contributed by atoms with Gasteiger partial charge in [-0.05, 0) is 49.8 Å². The number of carbonyl (C=O) groups is 1. The normalized spacial score (nSPS) is 27.3. The van der Waals surface area contributed by atoms with Gasteiger partial charge >= 0.3 is 12.6 Å². The molecule has 3 saturated carbocycles. The maximum Gasteiger partial charge on any atom is 0.387 e. The zero-order chi connectivity index (χ0) is 15.0. The first-order valence-corrected chi connectivity index (χ1v) is 7.09. The number of halogens is 2. The van der Waals surface area contributed by atoms with Gasteiger partial charge in [0.1, 0.15) is 5.75 Å². The van der Waals surface area contributed by atoms with E-state index < -0.39 is 6.61 Å². The van der Waals surface area contributed by atoms with E-state index in [0.717, 1.165) is 30.7 Å². The van der Waals surface area contributed by atoms with E-state index in [9.17, 15) is 13.6 Å². The van der Waals surface area contributed by atoms with Gasteiger partial charge in [0.25, 0.3) is 0 Å². The van der Waals surface area contributed by atoms with Crippen LogP contribution in [0, 0.1) is 5.92 Å². The van der Waals surface area contributed by atoms with E-state index in [1.54, 1.807) is 12.1 Å². The van der Waals surface area contributed by atoms with Crippen molar-refractivity contribution in [2.24, 2.45) is 5.92 Å². The average Bonchev–Trinajstić information content (AvgIpc) is 2.32. The molecule has 0 aliphatic heterocycles. The van der Waals surface area contributed by atoms with Crippen LogP contribution in [0.15, 0.2) is 24.3 Å². The van der Waals surface area contributed by atoms with E-state index in [-0.39, 0.29) is 23.4 Å². The first-order chi connectivity index (χ1) is 9.96. The Kier molecular flexibility index (Phi) is 3.47. The minimum absolute atomic E-state index is 0.0229. The molecule has 0 radical (unpaired) electrons. The summed E-state index contributed by atoms with van der Waals surface area (Å²) in [5.41, 5.74) is 0.746. The lowest BCUT2D eigenvalue weighted by molar-refractivity contribution is -0.0499. The Morgan fingerprint density at radius 3 is 2.67 bits per heavy atom. The Balaban J connectivity index is 1.56. The summed E-state index contributed by atoms with van der Waals surface area (Å²) in [5.74, 6) is 0.891. The zero-order valence-corrected chi connectivity index (χ0v) is 11.7. The van der Waals surface area contributed by atoms with Crippen LogP contribution < -0.4 is 15.4 Å². The predicted octanol–water partition coefficient (Wildman–Crippen LogP) is 3.20. The van der Waals surface area contributed by atoms with E-state index in [0.29, 0.717) is 0 Å². The number of urea groups is 1. The van der Waals surface area contributed by atoms with Crippen molar-refractivity contribution >= 4 is 6.03 Å². The van der Waals surface area contributed by atoms with Gasteiger partial charge in [-0.25, -0.2) is 4.79 Å². The van der Waals surface area contributed by atoms with Gasteiger partial charge in [0.2, 0.25) is 0 Å². The number of hydrogen-bond donors (Lipinski definition) is 2. The molecule has 0 heterocycles. The van der Waals surface area contributed by atoms with Crippen LogP contribution in [0.4, 0.5) is 13.6 Å². The van der Waals surface area contributed by atoms with Gasteiger partial charge in [-0.15, -0.1) is 0 Å². The maximum absolute atomic E-state index is 12.2. The van der Waals surface area contributed by atoms with Crippen LogP contribution in [0.2, 0.25) is 0 Å². The molecule has 0 spiro atoms. The highest BCUT2D eigenvalue weighted by Gasteiger charge is 2.57. The first kappa shape index (κ1) is 14.1. The van der Waals surface area contributed by atoms with Crippen molar-refractivity contribution in [1.29, 1.82) is 0 Å². The Morgan fingerprint density at radius 1 is 1.38 bits per heavy atom. The van der Waals surface area contributed by atoms with E-state index in [1.807, 2.05) is 6.92 Å². The summed E-state index contributed by atoms with van der Waals surface area (Å²) in [5, 5.41) is 5.84. The molecule has 3 aliphatic rings. The topological polar surface area (TPSA) is 50.4 Å². The molecule has 114 valence electrons. The van der Waals surface area contributed by atoms with Crippen LogP contribution in [0.5, 0.6) is 5.75 Å². The summed E-state index contributed by atoms with van der Waals surface area (Å²) >= 11 is 0. The van der Waals surface area contributed by atoms with Crippen molar-refractivity contribution in [3.05, 3.63) is 29.8 Å². The molecule has 1 aromatic rings. The minimum Gasteiger partial charge on any atom is -0.435 e. The number of alkyl halides is 2. The Morgan fingerprint density at radius 2 is 2.10 bits per heavy atom. The molecule has 1 aromatic carbocycles. The summed E-state index contributed by atoms with van der Waals surface area (Å²) < 4.78 is 28.8. The molecule has 3 fully saturated rings. The van der Waals surface area contributed by atoms with Crippen molar-refractivity contribution in [2.75, 3.05) is 0 Å². The number of nitrogens with one attached hydrogen (secondary N) is 2. The molecule has 1 unspecified atom stereocenters. The highest BCUT2D eigenvalue weighted by molar-refractivity contribution is 5.76. The van der Waals surface area contributed by atoms with Crippen molar-refractivity contribution in [3.63, 3.8) is 0 Å². The largest absolute Gasteiger partial charge is 0.435 e. The van der Waals surface area contributed by atoms with E-state index in [1.165, 1.54) is 12.1 Å². The number of amides is 2. The predicted molar refractivity (Wildman–Crippen MR) is 73.2 cm³/mol. The maximum atomic E-state index is 12.2. The summed E-state index contributed by atoms with van der Waals surface area (Å²) in [6, 6.07) is 5.89. The fourth-order valence-corrected chi connectivity index (χ4v) is 3.15. The molecule has 0 aromatic heterocycles. The molecule has 6 heteroatoms. The molecule has 2 bridgehead atoms. The van der Waals surface area contributed by atoms with Gasteiger partial charge in [-0.1, -0.05) is 12.1 Å². The number of carbonyl (C=O) groups excluding carboxylic acids is 1. The second kappa shape index (κ2) is 5.16. The Bertz CT molecular complexity index is 533. The summed E-state index contributed by atoms with van der Waals surface area (Å²) in [4.78, 5) is 11.9. The van der Waals surface area contributed by atoms with Crippen LogP contribution in [0.1, 0.15) is 37.8 Å². The Hall–Kier alpha value is -1.85. The average molecular weight is 296 g/mol. The molecular formula is C15H18F2N2O2. The van der Waals surface area contributed by atoms with Crippen molar-refractivity contribution < 1.29 is 18.3 Å². The van der Waals surface area contributed by atoms with Crippen LogP contribution in [0.3, 0.4) is 0 Å². The molecule has 21 heavy (non-hydrogen) atoms. The highest BCUT2D eigenvalue weighted by Crippen LogP contribution is 2.56. The SMILES string of the molecule is CC(NC(=O)NC12CC(C1)C2)c1cccc(OC(F)F)c1. The first-order valence-electron chi connectivity index (χ1n) is 7.09. The third-order valence-electron chi connectivity index (χ3n) is 4.35. The van der Waals surface area contributed by atoms with Crippen LogP contribution in [-0.4, -0.2) is 18.2 Å². The number of benzene rings is 1. The van der Waals surface area contributed by atoms with Gasteiger partial charge in [0.05, 0.1) is 6.04 Å². The Labute approximate surface area is 121 Å². The highest BCUT2D eigenvalue weighted by atomic mass is 19.3. The lowest BCUT2D eigenvalue weighted by Crippen LogP contribution is -2.69. The number of rotatable bonds is 5. The molecule has 3 aliphatic carbocycles. The molecule has 2 N–H and O–H groups in total. The standard InChI is InChI=1S/C15H18F2N2O2/c1-9(11-3-2-4-12(5-11)21-13(16)17)18-14(20)19-15-6-10(7-15)8-15/h2-5,9-10,13H,6-8H2,1H3,(H2,18,19,20). The summed E-state index contributed by atoms with van der Waals surface area (Å²) in [6.07, 6.45) is 3.23. The minimum atomic E-state index is -2.85. The van der Waals surface area contributed by atoms with Crippen molar-refractivity contribution in [2.45, 2.75) is 44.4 Å². The van der Waals surface area contributed by atoms with E-state index in [4.69, 9.17) is 0 Å². The lowest BCUT2D eigenvalue weighted by Gasteiger charge is -2.61. The fourth-order valence-electron chi connectivity index (χ4n) is 3.15. The zero-order valence-electron chi connectivity index (χ0n) is 11.7. The monoisotopic (exact) mass is 296 g/mol. The van der Waals surface area contributed by atoms with E-state index >= 15 is 0 Å². The second-order valence-electron chi connectivity index (χ2n) is 6.03. The van der Waals surface area contributed by atoms with Gasteiger partial charge in [0, 0.05) is 5.54 Å². The third kappa shape index (κ3) is 2.94. The summed E-state index contributed by atoms with van der Waals surface area (Å²) in [7, 11) is 0.